The number of aryl methyl sites for hydroxylation is 2. The molecule has 3 heterocycles. The molecule has 23 heavy (non-hydrogen) atoms. The summed E-state index contributed by atoms with van der Waals surface area (Å²) in [6, 6.07) is 3.92. The largest absolute Gasteiger partial charge is 0.387 e. The number of hydrogen-bond donors (Lipinski definition) is 1. The molecule has 0 bridgehead atoms. The van der Waals surface area contributed by atoms with Crippen LogP contribution in [0.5, 0.6) is 0 Å². The van der Waals surface area contributed by atoms with Crippen LogP contribution >= 0.6 is 22.9 Å². The topological polar surface area (TPSA) is 58.4 Å². The van der Waals surface area contributed by atoms with Gasteiger partial charge in [0.25, 0.3) is 5.91 Å². The van der Waals surface area contributed by atoms with Crippen LogP contribution in [0.3, 0.4) is 0 Å². The van der Waals surface area contributed by atoms with Gasteiger partial charge in [0.05, 0.1) is 16.8 Å². The highest BCUT2D eigenvalue weighted by atomic mass is 35.5. The summed E-state index contributed by atoms with van der Waals surface area (Å²) in [6.45, 7) is 3.06. The number of hydrogen-bond acceptors (Lipinski definition) is 4. The first-order valence-electron chi connectivity index (χ1n) is 7.69. The molecule has 2 aromatic rings. The van der Waals surface area contributed by atoms with E-state index in [1.54, 1.807) is 34.9 Å². The van der Waals surface area contributed by atoms with Crippen molar-refractivity contribution in [3.8, 4) is 0 Å². The van der Waals surface area contributed by atoms with Crippen LogP contribution in [0.2, 0.25) is 5.02 Å². The third kappa shape index (κ3) is 3.16. The Morgan fingerprint density at radius 2 is 2.17 bits per heavy atom. The molecule has 2 aromatic heterocycles. The van der Waals surface area contributed by atoms with Crippen molar-refractivity contribution in [3.05, 3.63) is 38.8 Å². The van der Waals surface area contributed by atoms with Crippen LogP contribution in [-0.2, 0) is 7.05 Å². The van der Waals surface area contributed by atoms with E-state index in [0.717, 1.165) is 17.7 Å². The molecule has 0 unspecified atom stereocenters. The summed E-state index contributed by atoms with van der Waals surface area (Å²) < 4.78 is 1.55. The predicted molar refractivity (Wildman–Crippen MR) is 90.9 cm³/mol. The number of carbonyl (C=O) groups is 1. The number of likely N-dealkylation sites (tertiary alicyclic amines) is 1. The van der Waals surface area contributed by atoms with E-state index >= 15 is 0 Å². The zero-order chi connectivity index (χ0) is 16.6. The average molecular weight is 354 g/mol. The Morgan fingerprint density at radius 1 is 1.48 bits per heavy atom. The number of piperidine rings is 1. The fourth-order valence-corrected chi connectivity index (χ4v) is 4.17. The minimum atomic E-state index is -0.435. The first-order chi connectivity index (χ1) is 11.0. The zero-order valence-corrected chi connectivity index (χ0v) is 14.8. The maximum atomic E-state index is 12.7. The van der Waals surface area contributed by atoms with Crippen LogP contribution < -0.4 is 0 Å². The molecule has 1 saturated heterocycles. The van der Waals surface area contributed by atoms with E-state index in [2.05, 4.69) is 5.10 Å². The maximum absolute atomic E-state index is 12.7. The third-order valence-corrected chi connectivity index (χ3v) is 5.86. The molecule has 0 spiro atoms. The molecule has 124 valence electrons. The smallest absolute Gasteiger partial charge is 0.273 e. The van der Waals surface area contributed by atoms with Crippen molar-refractivity contribution in [2.75, 3.05) is 13.1 Å². The molecule has 1 N–H and O–H groups in total. The first kappa shape index (κ1) is 16.5. The summed E-state index contributed by atoms with van der Waals surface area (Å²) in [5.74, 6) is 0.114. The Hall–Kier alpha value is -1.37. The van der Waals surface area contributed by atoms with Gasteiger partial charge in [-0.05, 0) is 37.1 Å². The van der Waals surface area contributed by atoms with Gasteiger partial charge >= 0.3 is 0 Å². The number of halogens is 1. The molecule has 0 saturated carbocycles. The van der Waals surface area contributed by atoms with E-state index in [4.69, 9.17) is 11.6 Å². The van der Waals surface area contributed by atoms with Crippen molar-refractivity contribution >= 4 is 28.8 Å². The normalized spacial score (nSPS) is 17.5. The number of aliphatic hydroxyl groups is 1. The van der Waals surface area contributed by atoms with Crippen LogP contribution in [0.15, 0.2) is 17.5 Å². The summed E-state index contributed by atoms with van der Waals surface area (Å²) in [6.07, 6.45) is 1.15. The Bertz CT molecular complexity index is 690. The van der Waals surface area contributed by atoms with E-state index in [-0.39, 0.29) is 11.8 Å². The summed E-state index contributed by atoms with van der Waals surface area (Å²) in [5, 5.41) is 17.0. The fourth-order valence-electron chi connectivity index (χ4n) is 3.12. The van der Waals surface area contributed by atoms with Crippen LogP contribution in [0.25, 0.3) is 0 Å². The van der Waals surface area contributed by atoms with Crippen LogP contribution in [-0.4, -0.2) is 38.8 Å². The summed E-state index contributed by atoms with van der Waals surface area (Å²) in [7, 11) is 1.74. The summed E-state index contributed by atoms with van der Waals surface area (Å²) >= 11 is 7.78. The van der Waals surface area contributed by atoms with Gasteiger partial charge in [0.1, 0.15) is 5.69 Å². The Morgan fingerprint density at radius 3 is 2.70 bits per heavy atom. The van der Waals surface area contributed by atoms with Gasteiger partial charge in [-0.25, -0.2) is 0 Å². The minimum absolute atomic E-state index is 0.0813. The van der Waals surface area contributed by atoms with Crippen molar-refractivity contribution in [1.29, 1.82) is 0 Å². The molecule has 1 aliphatic rings. The lowest BCUT2D eigenvalue weighted by atomic mass is 9.90. The molecule has 1 amide bonds. The number of thiophene rings is 1. The summed E-state index contributed by atoms with van der Waals surface area (Å²) in [4.78, 5) is 15.5. The van der Waals surface area contributed by atoms with E-state index in [1.807, 2.05) is 17.5 Å². The highest BCUT2D eigenvalue weighted by Crippen LogP contribution is 2.33. The van der Waals surface area contributed by atoms with Gasteiger partial charge in [0, 0.05) is 25.0 Å². The molecule has 3 rings (SSSR count). The van der Waals surface area contributed by atoms with E-state index in [9.17, 15) is 9.90 Å². The Labute approximate surface area is 144 Å². The van der Waals surface area contributed by atoms with Crippen molar-refractivity contribution in [1.82, 2.24) is 14.7 Å². The van der Waals surface area contributed by atoms with Crippen molar-refractivity contribution in [3.63, 3.8) is 0 Å². The monoisotopic (exact) mass is 353 g/mol. The van der Waals surface area contributed by atoms with Gasteiger partial charge in [0.15, 0.2) is 0 Å². The molecule has 1 aliphatic heterocycles. The number of aromatic nitrogens is 2. The van der Waals surface area contributed by atoms with Crippen molar-refractivity contribution in [2.45, 2.75) is 25.9 Å². The Balaban J connectivity index is 1.66. The van der Waals surface area contributed by atoms with E-state index in [0.29, 0.717) is 29.5 Å². The van der Waals surface area contributed by atoms with E-state index in [1.165, 1.54) is 0 Å². The van der Waals surface area contributed by atoms with Gasteiger partial charge in [-0.15, -0.1) is 11.3 Å². The second-order valence-corrected chi connectivity index (χ2v) is 7.32. The average Bonchev–Trinajstić information content (AvgIpc) is 3.16. The lowest BCUT2D eigenvalue weighted by Crippen LogP contribution is -2.40. The third-order valence-electron chi connectivity index (χ3n) is 4.46. The zero-order valence-electron chi connectivity index (χ0n) is 13.2. The molecule has 1 fully saturated rings. The van der Waals surface area contributed by atoms with Crippen molar-refractivity contribution < 1.29 is 9.90 Å². The highest BCUT2D eigenvalue weighted by Gasteiger charge is 2.31. The molecular formula is C16H20ClN3O2S. The number of aliphatic hydroxyl groups excluding tert-OH is 1. The number of rotatable bonds is 3. The number of carbonyl (C=O) groups excluding carboxylic acids is 1. The molecule has 1 atom stereocenters. The van der Waals surface area contributed by atoms with Crippen LogP contribution in [0, 0.1) is 12.8 Å². The molecule has 0 radical (unpaired) electrons. The van der Waals surface area contributed by atoms with E-state index < -0.39 is 6.10 Å². The first-order valence-corrected chi connectivity index (χ1v) is 8.94. The van der Waals surface area contributed by atoms with Crippen LogP contribution in [0.1, 0.15) is 40.0 Å². The molecule has 0 aromatic carbocycles. The predicted octanol–water partition coefficient (Wildman–Crippen LogP) is 3.03. The van der Waals surface area contributed by atoms with Gasteiger partial charge in [-0.1, -0.05) is 17.7 Å². The molecule has 0 aliphatic carbocycles. The van der Waals surface area contributed by atoms with Crippen molar-refractivity contribution in [2.24, 2.45) is 13.0 Å². The maximum Gasteiger partial charge on any atom is 0.273 e. The quantitative estimate of drug-likeness (QED) is 0.922. The van der Waals surface area contributed by atoms with Gasteiger partial charge in [0.2, 0.25) is 0 Å². The van der Waals surface area contributed by atoms with Gasteiger partial charge in [-0.2, -0.15) is 5.10 Å². The SMILES string of the molecule is Cc1nn(C)c(C(=O)N2CCC([C@H](O)c3cccs3)CC2)c1Cl. The standard InChI is InChI=1S/C16H20ClN3O2S/c1-10-13(17)14(19(2)18-10)16(22)20-7-5-11(6-8-20)15(21)12-4-3-9-23-12/h3-4,9,11,15,21H,5-8H2,1-2H3/t15-/m0/s1. The fraction of sp³-hybridized carbons (Fsp3) is 0.500. The second kappa shape index (κ2) is 6.63. The highest BCUT2D eigenvalue weighted by molar-refractivity contribution is 7.10. The molecular weight excluding hydrogens is 334 g/mol. The van der Waals surface area contributed by atoms with Gasteiger partial charge in [-0.3, -0.25) is 9.48 Å². The number of amides is 1. The minimum Gasteiger partial charge on any atom is -0.387 e. The lowest BCUT2D eigenvalue weighted by Gasteiger charge is -2.34. The molecule has 5 nitrogen and oxygen atoms in total. The Kier molecular flexibility index (Phi) is 4.75. The molecule has 7 heteroatoms. The second-order valence-electron chi connectivity index (χ2n) is 5.96. The number of nitrogens with zero attached hydrogens (tertiary/aromatic N) is 3. The van der Waals surface area contributed by atoms with Crippen LogP contribution in [0.4, 0.5) is 0 Å². The lowest BCUT2D eigenvalue weighted by molar-refractivity contribution is 0.0467. The van der Waals surface area contributed by atoms with Gasteiger partial charge < -0.3 is 10.0 Å². The summed E-state index contributed by atoms with van der Waals surface area (Å²) in [5.41, 5.74) is 1.11.